The molecule has 65 heavy (non-hydrogen) atoms. The number of amides is 1. The predicted molar refractivity (Wildman–Crippen MR) is 264 cm³/mol. The van der Waals surface area contributed by atoms with Crippen molar-refractivity contribution >= 4 is 11.9 Å². The molecule has 1 aliphatic rings. The normalized spacial score (nSPS) is 20.1. The lowest BCUT2D eigenvalue weighted by Crippen LogP contribution is -2.60. The second-order valence-corrected chi connectivity index (χ2v) is 18.2. The molecule has 0 radical (unpaired) electrons. The van der Waals surface area contributed by atoms with Gasteiger partial charge in [-0.2, -0.15) is 0 Å². The minimum atomic E-state index is -1.59. The van der Waals surface area contributed by atoms with Crippen LogP contribution in [0.4, 0.5) is 0 Å². The van der Waals surface area contributed by atoms with E-state index in [-0.39, 0.29) is 24.9 Å². The summed E-state index contributed by atoms with van der Waals surface area (Å²) in [6.07, 6.45) is 43.3. The molecule has 0 aromatic carbocycles. The van der Waals surface area contributed by atoms with Crippen molar-refractivity contribution in [1.82, 2.24) is 5.32 Å². The zero-order valence-corrected chi connectivity index (χ0v) is 41.2. The van der Waals surface area contributed by atoms with E-state index in [4.69, 9.17) is 14.2 Å². The van der Waals surface area contributed by atoms with Crippen molar-refractivity contribution in [2.75, 3.05) is 19.8 Å². The van der Waals surface area contributed by atoms with Gasteiger partial charge in [-0.05, 0) is 83.5 Å². The van der Waals surface area contributed by atoms with Gasteiger partial charge in [-0.3, -0.25) is 9.59 Å². The number of allylic oxidation sites excluding steroid dienone is 7. The van der Waals surface area contributed by atoms with Gasteiger partial charge in [0.05, 0.1) is 32.0 Å². The van der Waals surface area contributed by atoms with Crippen LogP contribution in [-0.2, 0) is 23.8 Å². The molecule has 6 N–H and O–H groups in total. The van der Waals surface area contributed by atoms with E-state index >= 15 is 0 Å². The van der Waals surface area contributed by atoms with E-state index in [9.17, 15) is 35.1 Å². The van der Waals surface area contributed by atoms with Gasteiger partial charge in [0.15, 0.2) is 6.29 Å². The quantitative estimate of drug-likeness (QED) is 0.0196. The van der Waals surface area contributed by atoms with Crippen molar-refractivity contribution in [3.63, 3.8) is 0 Å². The maximum atomic E-state index is 13.0. The van der Waals surface area contributed by atoms with Crippen LogP contribution < -0.4 is 5.32 Å². The van der Waals surface area contributed by atoms with Crippen molar-refractivity contribution in [3.8, 4) is 0 Å². The molecule has 0 aromatic heterocycles. The lowest BCUT2D eigenvalue weighted by atomic mass is 9.99. The van der Waals surface area contributed by atoms with Gasteiger partial charge in [0.25, 0.3) is 0 Å². The molecule has 0 aliphatic carbocycles. The minimum Gasteiger partial charge on any atom is -0.466 e. The van der Waals surface area contributed by atoms with E-state index in [1.54, 1.807) is 6.08 Å². The van der Waals surface area contributed by atoms with E-state index in [0.29, 0.717) is 25.9 Å². The number of hydrogen-bond donors (Lipinski definition) is 6. The standard InChI is InChI=1S/C54H97NO10/c1-3-5-7-9-11-13-15-17-21-24-28-32-36-40-47(57)46(45-64-54-53(62)52(61)51(60)48(44-56)65-54)55-49(58)41-37-33-29-25-22-18-16-19-23-27-31-35-39-43-63-50(59)42-38-34-30-26-20-14-12-10-8-6-4-2/h11,13,18,21-22,24,36,40,46-48,51-54,56-57,60-62H,3-10,12,14-17,19-20,23,25-35,37-39,41-45H2,1-2H3,(H,55,58)/b13-11+,22-18-,24-21+,40-36+. The number of aliphatic hydroxyl groups is 5. The predicted octanol–water partition coefficient (Wildman–Crippen LogP) is 10.9. The Morgan fingerprint density at radius 3 is 1.57 bits per heavy atom. The fraction of sp³-hybridized carbons (Fsp3) is 0.815. The van der Waals surface area contributed by atoms with E-state index in [1.807, 2.05) is 6.08 Å². The van der Waals surface area contributed by atoms with Crippen molar-refractivity contribution in [2.45, 2.75) is 262 Å². The number of nitrogens with one attached hydrogen (secondary N) is 1. The first-order valence-electron chi connectivity index (χ1n) is 26.4. The largest absolute Gasteiger partial charge is 0.466 e. The fourth-order valence-corrected chi connectivity index (χ4v) is 7.87. The summed E-state index contributed by atoms with van der Waals surface area (Å²) < 4.78 is 16.6. The van der Waals surface area contributed by atoms with Crippen LogP contribution in [-0.4, -0.2) is 100 Å². The zero-order chi connectivity index (χ0) is 47.4. The van der Waals surface area contributed by atoms with Gasteiger partial charge in [-0.1, -0.05) is 172 Å². The van der Waals surface area contributed by atoms with E-state index in [2.05, 4.69) is 55.6 Å². The third kappa shape index (κ3) is 34.6. The van der Waals surface area contributed by atoms with Crippen LogP contribution in [0.25, 0.3) is 0 Å². The smallest absolute Gasteiger partial charge is 0.305 e. The first-order chi connectivity index (χ1) is 31.7. The molecule has 11 nitrogen and oxygen atoms in total. The highest BCUT2D eigenvalue weighted by Gasteiger charge is 2.44. The SMILES string of the molecule is CCCCC/C=C/CC/C=C/CC/C=C/C(O)C(COC1OC(CO)C(O)C(O)C1O)NC(=O)CCCCC/C=C\CCCCCCCCOC(=O)CCCCCCCCCCCCC. The van der Waals surface area contributed by atoms with Crippen LogP contribution >= 0.6 is 0 Å². The molecule has 1 aliphatic heterocycles. The second kappa shape index (κ2) is 44.1. The highest BCUT2D eigenvalue weighted by molar-refractivity contribution is 5.76. The fourth-order valence-electron chi connectivity index (χ4n) is 7.87. The lowest BCUT2D eigenvalue weighted by Gasteiger charge is -2.40. The molecule has 0 spiro atoms. The molecule has 0 saturated carbocycles. The van der Waals surface area contributed by atoms with Gasteiger partial charge in [0, 0.05) is 12.8 Å². The number of hydrogen-bond acceptors (Lipinski definition) is 10. The third-order valence-electron chi connectivity index (χ3n) is 12.1. The molecule has 1 saturated heterocycles. The van der Waals surface area contributed by atoms with Crippen molar-refractivity contribution in [1.29, 1.82) is 0 Å². The van der Waals surface area contributed by atoms with Crippen LogP contribution in [0.1, 0.15) is 219 Å². The average Bonchev–Trinajstić information content (AvgIpc) is 3.30. The maximum Gasteiger partial charge on any atom is 0.305 e. The molecule has 7 atom stereocenters. The lowest BCUT2D eigenvalue weighted by molar-refractivity contribution is -0.302. The van der Waals surface area contributed by atoms with Crippen LogP contribution in [0.15, 0.2) is 48.6 Å². The number of carbonyl (C=O) groups is 2. The summed E-state index contributed by atoms with van der Waals surface area (Å²) in [6, 6.07) is -0.854. The molecule has 1 heterocycles. The monoisotopic (exact) mass is 920 g/mol. The summed E-state index contributed by atoms with van der Waals surface area (Å²) in [6.45, 7) is 4.20. The Balaban J connectivity index is 2.24. The van der Waals surface area contributed by atoms with E-state index < -0.39 is 49.5 Å². The van der Waals surface area contributed by atoms with Gasteiger partial charge < -0.3 is 45.1 Å². The summed E-state index contributed by atoms with van der Waals surface area (Å²) in [5.41, 5.74) is 0. The number of esters is 1. The van der Waals surface area contributed by atoms with Gasteiger partial charge in [0.1, 0.15) is 24.4 Å². The van der Waals surface area contributed by atoms with Crippen molar-refractivity contribution < 1.29 is 49.3 Å². The zero-order valence-electron chi connectivity index (χ0n) is 41.2. The maximum absolute atomic E-state index is 13.0. The Morgan fingerprint density at radius 2 is 1.00 bits per heavy atom. The molecular weight excluding hydrogens is 823 g/mol. The highest BCUT2D eigenvalue weighted by Crippen LogP contribution is 2.22. The van der Waals surface area contributed by atoms with E-state index in [1.165, 1.54) is 103 Å². The molecule has 7 unspecified atom stereocenters. The van der Waals surface area contributed by atoms with Gasteiger partial charge in [-0.25, -0.2) is 0 Å². The second-order valence-electron chi connectivity index (χ2n) is 18.2. The molecule has 1 fully saturated rings. The topological polar surface area (TPSA) is 175 Å². The summed E-state index contributed by atoms with van der Waals surface area (Å²) in [7, 11) is 0. The summed E-state index contributed by atoms with van der Waals surface area (Å²) >= 11 is 0. The highest BCUT2D eigenvalue weighted by atomic mass is 16.7. The molecule has 0 aromatic rings. The number of aliphatic hydroxyl groups excluding tert-OH is 5. The minimum absolute atomic E-state index is 0.0378. The number of ether oxygens (including phenoxy) is 3. The molecule has 0 bridgehead atoms. The van der Waals surface area contributed by atoms with Crippen LogP contribution in [0.3, 0.4) is 0 Å². The first kappa shape index (κ1) is 60.6. The Kier molecular flexibility index (Phi) is 41.2. The number of rotatable bonds is 44. The summed E-state index contributed by atoms with van der Waals surface area (Å²) in [5, 5.41) is 54.2. The molecular formula is C54H97NO10. The first-order valence-corrected chi connectivity index (χ1v) is 26.4. The summed E-state index contributed by atoms with van der Waals surface area (Å²) in [5.74, 6) is -0.266. The Hall–Kier alpha value is -2.38. The van der Waals surface area contributed by atoms with Gasteiger partial charge in [-0.15, -0.1) is 0 Å². The molecule has 1 amide bonds. The molecule has 378 valence electrons. The third-order valence-corrected chi connectivity index (χ3v) is 12.1. The van der Waals surface area contributed by atoms with Crippen LogP contribution in [0.2, 0.25) is 0 Å². The Bertz CT molecular complexity index is 1220. The number of unbranched alkanes of at least 4 members (excludes halogenated alkanes) is 24. The Morgan fingerprint density at radius 1 is 0.554 bits per heavy atom. The van der Waals surface area contributed by atoms with E-state index in [0.717, 1.165) is 77.0 Å². The van der Waals surface area contributed by atoms with Gasteiger partial charge >= 0.3 is 5.97 Å². The molecule has 1 rings (SSSR count). The van der Waals surface area contributed by atoms with Crippen molar-refractivity contribution in [3.05, 3.63) is 48.6 Å². The van der Waals surface area contributed by atoms with Crippen LogP contribution in [0, 0.1) is 0 Å². The van der Waals surface area contributed by atoms with Gasteiger partial charge in [0.2, 0.25) is 5.91 Å². The van der Waals surface area contributed by atoms with Crippen LogP contribution in [0.5, 0.6) is 0 Å². The average molecular weight is 920 g/mol. The van der Waals surface area contributed by atoms with Crippen molar-refractivity contribution in [2.24, 2.45) is 0 Å². The molecule has 11 heteroatoms. The number of carbonyl (C=O) groups excluding carboxylic acids is 2. The Labute approximate surface area is 396 Å². The summed E-state index contributed by atoms with van der Waals surface area (Å²) in [4.78, 5) is 25.0.